The van der Waals surface area contributed by atoms with Crippen LogP contribution in [0.1, 0.15) is 22.8 Å². The Hall–Kier alpha value is -2.68. The van der Waals surface area contributed by atoms with Gasteiger partial charge in [0.1, 0.15) is 6.33 Å². The van der Waals surface area contributed by atoms with E-state index in [2.05, 4.69) is 20.7 Å². The standard InChI is InChI=1S/C19H17Cl2N5O2S/c1-2-28-17(27)12-4-7-15(8-5-12)23-19(29)24-18-22-11-26(25-18)10-13-3-6-14(20)9-16(13)21/h3-9,11H,2,10H2,1H3,(H2,23,24,25,29). The lowest BCUT2D eigenvalue weighted by Gasteiger charge is -2.09. The van der Waals surface area contributed by atoms with Gasteiger partial charge in [0.2, 0.25) is 5.95 Å². The molecule has 150 valence electrons. The summed E-state index contributed by atoms with van der Waals surface area (Å²) in [6.45, 7) is 2.54. The maximum atomic E-state index is 11.7. The monoisotopic (exact) mass is 449 g/mol. The Labute approximate surface area is 183 Å². The van der Waals surface area contributed by atoms with Gasteiger partial charge in [0.05, 0.1) is 18.7 Å². The third-order valence-electron chi connectivity index (χ3n) is 3.76. The summed E-state index contributed by atoms with van der Waals surface area (Å²) >= 11 is 17.4. The first kappa shape index (κ1) is 21.0. The van der Waals surface area contributed by atoms with Crippen LogP contribution in [0.4, 0.5) is 11.6 Å². The Morgan fingerprint density at radius 3 is 2.62 bits per heavy atom. The predicted octanol–water partition coefficient (Wildman–Crippen LogP) is 4.62. The van der Waals surface area contributed by atoms with Crippen molar-refractivity contribution >= 4 is 58.1 Å². The van der Waals surface area contributed by atoms with Crippen LogP contribution >= 0.6 is 35.4 Å². The second-order valence-electron chi connectivity index (χ2n) is 5.88. The van der Waals surface area contributed by atoms with Crippen LogP contribution in [-0.4, -0.2) is 32.5 Å². The molecule has 3 aromatic rings. The summed E-state index contributed by atoms with van der Waals surface area (Å²) in [5, 5.41) is 11.7. The maximum absolute atomic E-state index is 11.7. The quantitative estimate of drug-likeness (QED) is 0.419. The molecule has 2 aromatic carbocycles. The molecule has 7 nitrogen and oxygen atoms in total. The average molecular weight is 450 g/mol. The Balaban J connectivity index is 1.56. The summed E-state index contributed by atoms with van der Waals surface area (Å²) in [7, 11) is 0. The topological polar surface area (TPSA) is 81.1 Å². The van der Waals surface area contributed by atoms with Crippen molar-refractivity contribution < 1.29 is 9.53 Å². The second kappa shape index (κ2) is 9.69. The van der Waals surface area contributed by atoms with Gasteiger partial charge in [-0.25, -0.2) is 14.5 Å². The summed E-state index contributed by atoms with van der Waals surface area (Å²) in [6.07, 6.45) is 1.57. The highest BCUT2D eigenvalue weighted by Crippen LogP contribution is 2.21. The van der Waals surface area contributed by atoms with Crippen molar-refractivity contribution in [3.8, 4) is 0 Å². The third kappa shape index (κ3) is 5.90. The molecule has 0 unspecified atom stereocenters. The largest absolute Gasteiger partial charge is 0.462 e. The SMILES string of the molecule is CCOC(=O)c1ccc(NC(=S)Nc2ncn(Cc3ccc(Cl)cc3Cl)n2)cc1. The summed E-state index contributed by atoms with van der Waals surface area (Å²) in [5.41, 5.74) is 2.05. The molecule has 29 heavy (non-hydrogen) atoms. The van der Waals surface area contributed by atoms with E-state index >= 15 is 0 Å². The Kier molecular flexibility index (Phi) is 7.03. The van der Waals surface area contributed by atoms with Crippen LogP contribution < -0.4 is 10.6 Å². The molecule has 0 bridgehead atoms. The Morgan fingerprint density at radius 2 is 1.93 bits per heavy atom. The van der Waals surface area contributed by atoms with Gasteiger partial charge in [-0.1, -0.05) is 29.3 Å². The Bertz CT molecular complexity index is 1020. The highest BCUT2D eigenvalue weighted by Gasteiger charge is 2.08. The van der Waals surface area contributed by atoms with Gasteiger partial charge >= 0.3 is 5.97 Å². The van der Waals surface area contributed by atoms with E-state index in [1.807, 2.05) is 6.07 Å². The number of ether oxygens (including phenoxy) is 1. The van der Waals surface area contributed by atoms with Gasteiger partial charge < -0.3 is 10.1 Å². The molecule has 0 amide bonds. The minimum absolute atomic E-state index is 0.316. The zero-order chi connectivity index (χ0) is 20.8. The van der Waals surface area contributed by atoms with Gasteiger partial charge in [0.25, 0.3) is 0 Å². The summed E-state index contributed by atoms with van der Waals surface area (Å²) < 4.78 is 6.59. The predicted molar refractivity (Wildman–Crippen MR) is 118 cm³/mol. The van der Waals surface area contributed by atoms with Crippen LogP contribution in [-0.2, 0) is 11.3 Å². The molecule has 1 aromatic heterocycles. The van der Waals surface area contributed by atoms with Gasteiger partial charge in [-0.15, -0.1) is 5.10 Å². The first-order valence-corrected chi connectivity index (χ1v) is 9.79. The van der Waals surface area contributed by atoms with Crippen molar-refractivity contribution in [2.45, 2.75) is 13.5 Å². The first-order chi connectivity index (χ1) is 13.9. The number of carbonyl (C=O) groups excluding carboxylic acids is 1. The number of thiocarbonyl (C=S) groups is 1. The van der Waals surface area contributed by atoms with Crippen molar-refractivity contribution in [2.75, 3.05) is 17.2 Å². The maximum Gasteiger partial charge on any atom is 0.338 e. The van der Waals surface area contributed by atoms with Crippen molar-refractivity contribution in [1.29, 1.82) is 0 Å². The second-order valence-corrected chi connectivity index (χ2v) is 7.13. The van der Waals surface area contributed by atoms with Gasteiger partial charge in [0.15, 0.2) is 5.11 Å². The smallest absolute Gasteiger partial charge is 0.338 e. The van der Waals surface area contributed by atoms with E-state index in [-0.39, 0.29) is 5.97 Å². The number of anilines is 2. The molecule has 0 aliphatic heterocycles. The van der Waals surface area contributed by atoms with Crippen LogP contribution in [0.25, 0.3) is 0 Å². The lowest BCUT2D eigenvalue weighted by Crippen LogP contribution is -2.20. The van der Waals surface area contributed by atoms with Crippen molar-refractivity contribution in [3.05, 3.63) is 70.0 Å². The number of nitrogens with one attached hydrogen (secondary N) is 2. The summed E-state index contributed by atoms with van der Waals surface area (Å²) in [4.78, 5) is 15.9. The average Bonchev–Trinajstić information content (AvgIpc) is 3.11. The summed E-state index contributed by atoms with van der Waals surface area (Å²) in [6, 6.07) is 12.1. The lowest BCUT2D eigenvalue weighted by atomic mass is 10.2. The molecule has 0 aliphatic carbocycles. The highest BCUT2D eigenvalue weighted by molar-refractivity contribution is 7.80. The molecule has 0 saturated heterocycles. The molecule has 10 heteroatoms. The fourth-order valence-electron chi connectivity index (χ4n) is 2.42. The molecule has 0 radical (unpaired) electrons. The molecule has 0 aliphatic rings. The van der Waals surface area contributed by atoms with E-state index in [0.29, 0.717) is 45.5 Å². The number of nitrogens with zero attached hydrogens (tertiary/aromatic N) is 3. The highest BCUT2D eigenvalue weighted by atomic mass is 35.5. The molecular weight excluding hydrogens is 433 g/mol. The fourth-order valence-corrected chi connectivity index (χ4v) is 3.10. The van der Waals surface area contributed by atoms with E-state index in [0.717, 1.165) is 5.56 Å². The number of benzene rings is 2. The molecule has 0 fully saturated rings. The normalized spacial score (nSPS) is 10.4. The first-order valence-electron chi connectivity index (χ1n) is 8.63. The molecule has 1 heterocycles. The number of carbonyl (C=O) groups is 1. The third-order valence-corrected chi connectivity index (χ3v) is 4.55. The zero-order valence-corrected chi connectivity index (χ0v) is 17.7. The van der Waals surface area contributed by atoms with Gasteiger partial charge in [-0.3, -0.25) is 5.32 Å². The van der Waals surface area contributed by atoms with Gasteiger partial charge in [-0.05, 0) is 61.1 Å². The van der Waals surface area contributed by atoms with Crippen molar-refractivity contribution in [2.24, 2.45) is 0 Å². The van der Waals surface area contributed by atoms with E-state index in [1.54, 1.807) is 54.3 Å². The minimum atomic E-state index is -0.365. The number of hydrogen-bond acceptors (Lipinski definition) is 5. The molecule has 0 saturated carbocycles. The molecular formula is C19H17Cl2N5O2S. The number of aromatic nitrogens is 3. The van der Waals surface area contributed by atoms with Crippen molar-refractivity contribution in [1.82, 2.24) is 14.8 Å². The molecule has 2 N–H and O–H groups in total. The van der Waals surface area contributed by atoms with Crippen LogP contribution in [0.15, 0.2) is 48.8 Å². The van der Waals surface area contributed by atoms with E-state index in [9.17, 15) is 4.79 Å². The number of esters is 1. The van der Waals surface area contributed by atoms with Crippen LogP contribution in [0.3, 0.4) is 0 Å². The summed E-state index contributed by atoms with van der Waals surface area (Å²) in [5.74, 6) is -0.0222. The molecule has 0 spiro atoms. The zero-order valence-electron chi connectivity index (χ0n) is 15.4. The number of rotatable bonds is 6. The van der Waals surface area contributed by atoms with E-state index < -0.39 is 0 Å². The van der Waals surface area contributed by atoms with Gasteiger partial charge in [0, 0.05) is 15.7 Å². The van der Waals surface area contributed by atoms with E-state index in [4.69, 9.17) is 40.2 Å². The van der Waals surface area contributed by atoms with Crippen LogP contribution in [0, 0.1) is 0 Å². The Morgan fingerprint density at radius 1 is 1.17 bits per heavy atom. The minimum Gasteiger partial charge on any atom is -0.462 e. The van der Waals surface area contributed by atoms with E-state index in [1.165, 1.54) is 0 Å². The van der Waals surface area contributed by atoms with Crippen LogP contribution in [0.5, 0.6) is 0 Å². The number of halogens is 2. The molecule has 3 rings (SSSR count). The lowest BCUT2D eigenvalue weighted by molar-refractivity contribution is 0.0526. The molecule has 0 atom stereocenters. The fraction of sp³-hybridized carbons (Fsp3) is 0.158. The number of hydrogen-bond donors (Lipinski definition) is 2. The van der Waals surface area contributed by atoms with Crippen LogP contribution in [0.2, 0.25) is 10.0 Å². The van der Waals surface area contributed by atoms with Crippen molar-refractivity contribution in [3.63, 3.8) is 0 Å². The van der Waals surface area contributed by atoms with Gasteiger partial charge in [-0.2, -0.15) is 0 Å².